The quantitative estimate of drug-likeness (QED) is 0.515. The van der Waals surface area contributed by atoms with Gasteiger partial charge in [0, 0.05) is 5.57 Å². The maximum absolute atomic E-state index is 9.65. The Kier molecular flexibility index (Phi) is 12.2. The summed E-state index contributed by atoms with van der Waals surface area (Å²) in [5.41, 5.74) is 1.78. The molecule has 0 radical (unpaired) electrons. The molecule has 90 valence electrons. The summed E-state index contributed by atoms with van der Waals surface area (Å²) in [4.78, 5) is 0. The van der Waals surface area contributed by atoms with Crippen LogP contribution in [0.5, 0.6) is 0 Å². The number of rotatable bonds is 4. The van der Waals surface area contributed by atoms with E-state index in [1.807, 2.05) is 45.9 Å². The first-order valence-electron chi connectivity index (χ1n) is 5.69. The first-order chi connectivity index (χ1) is 7.71. The van der Waals surface area contributed by atoms with Crippen LogP contribution in [0.1, 0.15) is 34.6 Å². The van der Waals surface area contributed by atoms with Gasteiger partial charge < -0.3 is 5.11 Å². The van der Waals surface area contributed by atoms with Crippen LogP contribution in [0.2, 0.25) is 0 Å². The largest absolute Gasteiger partial charge is 0.508 e. The number of aliphatic hydroxyl groups excluding tert-OH is 1. The van der Waals surface area contributed by atoms with Crippen molar-refractivity contribution in [1.82, 2.24) is 0 Å². The van der Waals surface area contributed by atoms with Gasteiger partial charge >= 0.3 is 0 Å². The molecule has 1 nitrogen and oxygen atoms in total. The zero-order valence-electron chi connectivity index (χ0n) is 11.1. The first kappa shape index (κ1) is 16.9. The fraction of sp³-hybridized carbons (Fsp3) is 0.333. The molecule has 0 atom stereocenters. The van der Waals surface area contributed by atoms with Crippen LogP contribution in [0.4, 0.5) is 0 Å². The third-order valence-electron chi connectivity index (χ3n) is 1.80. The Bertz CT molecular complexity index is 301. The van der Waals surface area contributed by atoms with E-state index in [1.165, 1.54) is 0 Å². The van der Waals surface area contributed by atoms with Crippen molar-refractivity contribution in [2.45, 2.75) is 34.6 Å². The van der Waals surface area contributed by atoms with Crippen LogP contribution in [0.15, 0.2) is 59.9 Å². The molecule has 0 aromatic carbocycles. The maximum atomic E-state index is 9.65. The predicted molar refractivity (Wildman–Crippen MR) is 74.6 cm³/mol. The average Bonchev–Trinajstić information content (AvgIpc) is 2.35. The van der Waals surface area contributed by atoms with Gasteiger partial charge in [-0.1, -0.05) is 50.8 Å². The maximum Gasteiger partial charge on any atom is 0.119 e. The van der Waals surface area contributed by atoms with Crippen molar-refractivity contribution in [1.29, 1.82) is 0 Å². The van der Waals surface area contributed by atoms with Crippen molar-refractivity contribution >= 4 is 0 Å². The van der Waals surface area contributed by atoms with Crippen molar-refractivity contribution in [3.63, 3.8) is 0 Å². The third kappa shape index (κ3) is 6.07. The van der Waals surface area contributed by atoms with E-state index < -0.39 is 0 Å². The molecule has 0 fully saturated rings. The molecule has 0 aliphatic carbocycles. The molecular formula is C15H24O. The summed E-state index contributed by atoms with van der Waals surface area (Å²) in [6.07, 6.45) is 11.0. The summed E-state index contributed by atoms with van der Waals surface area (Å²) < 4.78 is 0. The lowest BCUT2D eigenvalue weighted by atomic mass is 10.0. The molecule has 0 unspecified atom stereocenters. The highest BCUT2D eigenvalue weighted by Gasteiger charge is 2.03. The molecule has 0 saturated carbocycles. The van der Waals surface area contributed by atoms with Gasteiger partial charge in [-0.25, -0.2) is 0 Å². The standard InChI is InChI=1S/C13H18O.C2H6/c1-5-9-11(7-3)12(10-6-2)13(14)8-4;1-2/h5-10,14H,2H2,1,3-4H3;1-2H3/b9-5-,11-7-,12-10+,13-8+;. The summed E-state index contributed by atoms with van der Waals surface area (Å²) in [7, 11) is 0. The molecule has 1 N–H and O–H groups in total. The summed E-state index contributed by atoms with van der Waals surface area (Å²) in [5, 5.41) is 9.65. The van der Waals surface area contributed by atoms with E-state index >= 15 is 0 Å². The number of allylic oxidation sites excluding steroid dienone is 7. The minimum Gasteiger partial charge on any atom is -0.508 e. The molecule has 0 spiro atoms. The van der Waals surface area contributed by atoms with Gasteiger partial charge in [0.05, 0.1) is 0 Å². The second-order valence-electron chi connectivity index (χ2n) is 2.73. The lowest BCUT2D eigenvalue weighted by Crippen LogP contribution is -1.91. The second kappa shape index (κ2) is 11.6. The molecule has 0 heterocycles. The summed E-state index contributed by atoms with van der Waals surface area (Å²) in [6.45, 7) is 13.3. The summed E-state index contributed by atoms with van der Waals surface area (Å²) in [5.74, 6) is 0.274. The van der Waals surface area contributed by atoms with Crippen LogP contribution < -0.4 is 0 Å². The molecule has 1 heteroatoms. The van der Waals surface area contributed by atoms with Gasteiger partial charge in [-0.3, -0.25) is 0 Å². The zero-order valence-corrected chi connectivity index (χ0v) is 11.1. The van der Waals surface area contributed by atoms with Gasteiger partial charge in [0.2, 0.25) is 0 Å². The van der Waals surface area contributed by atoms with Crippen LogP contribution in [0, 0.1) is 0 Å². The lowest BCUT2D eigenvalue weighted by molar-refractivity contribution is 0.424. The molecule has 0 aliphatic rings. The Balaban J connectivity index is 0. The van der Waals surface area contributed by atoms with E-state index in [-0.39, 0.29) is 5.76 Å². The van der Waals surface area contributed by atoms with Gasteiger partial charge in [-0.2, -0.15) is 0 Å². The molecule has 0 aromatic heterocycles. The van der Waals surface area contributed by atoms with Crippen LogP contribution in [0.3, 0.4) is 0 Å². The van der Waals surface area contributed by atoms with Crippen molar-refractivity contribution in [3.8, 4) is 0 Å². The van der Waals surface area contributed by atoms with E-state index in [4.69, 9.17) is 0 Å². The van der Waals surface area contributed by atoms with E-state index in [1.54, 1.807) is 25.2 Å². The van der Waals surface area contributed by atoms with Crippen molar-refractivity contribution < 1.29 is 5.11 Å². The Hall–Kier alpha value is -1.50. The Labute approximate surface area is 100 Å². The highest BCUT2D eigenvalue weighted by molar-refractivity contribution is 5.49. The van der Waals surface area contributed by atoms with E-state index in [0.29, 0.717) is 0 Å². The third-order valence-corrected chi connectivity index (χ3v) is 1.80. The zero-order chi connectivity index (χ0) is 13.0. The Morgan fingerprint density at radius 1 is 1.06 bits per heavy atom. The molecule has 0 aliphatic heterocycles. The predicted octanol–water partition coefficient (Wildman–Crippen LogP) is 5.11. The average molecular weight is 220 g/mol. The summed E-state index contributed by atoms with van der Waals surface area (Å²) in [6, 6.07) is 0. The molecule has 16 heavy (non-hydrogen) atoms. The summed E-state index contributed by atoms with van der Waals surface area (Å²) >= 11 is 0. The highest BCUT2D eigenvalue weighted by atomic mass is 16.3. The monoisotopic (exact) mass is 220 g/mol. The van der Waals surface area contributed by atoms with Crippen LogP contribution in [-0.4, -0.2) is 5.11 Å². The molecule has 0 saturated heterocycles. The van der Waals surface area contributed by atoms with Crippen molar-refractivity contribution in [3.05, 3.63) is 59.9 Å². The van der Waals surface area contributed by atoms with Gasteiger partial charge in [0.1, 0.15) is 5.76 Å². The highest BCUT2D eigenvalue weighted by Crippen LogP contribution is 2.18. The SMILES string of the molecule is C=C/C=C(C(\C=C/C)=C/C)/C(O)=C\C.CC. The topological polar surface area (TPSA) is 20.2 Å². The fourth-order valence-electron chi connectivity index (χ4n) is 1.12. The molecule has 0 amide bonds. The van der Waals surface area contributed by atoms with Crippen LogP contribution in [-0.2, 0) is 0 Å². The van der Waals surface area contributed by atoms with Crippen LogP contribution >= 0.6 is 0 Å². The van der Waals surface area contributed by atoms with Gasteiger partial charge in [-0.05, 0) is 32.4 Å². The number of hydrogen-bond donors (Lipinski definition) is 1. The minimum atomic E-state index is 0.274. The van der Waals surface area contributed by atoms with E-state index in [9.17, 15) is 5.11 Å². The van der Waals surface area contributed by atoms with Gasteiger partial charge in [-0.15, -0.1) is 0 Å². The number of hydrogen-bond acceptors (Lipinski definition) is 1. The van der Waals surface area contributed by atoms with E-state index in [0.717, 1.165) is 11.1 Å². The van der Waals surface area contributed by atoms with Crippen LogP contribution in [0.25, 0.3) is 0 Å². The minimum absolute atomic E-state index is 0.274. The van der Waals surface area contributed by atoms with Gasteiger partial charge in [0.15, 0.2) is 0 Å². The van der Waals surface area contributed by atoms with Gasteiger partial charge in [0.25, 0.3) is 0 Å². The second-order valence-corrected chi connectivity index (χ2v) is 2.73. The molecule has 0 rings (SSSR count). The number of aliphatic hydroxyl groups is 1. The molecule has 0 aromatic rings. The Morgan fingerprint density at radius 2 is 1.62 bits per heavy atom. The van der Waals surface area contributed by atoms with Crippen molar-refractivity contribution in [2.24, 2.45) is 0 Å². The normalized spacial score (nSPS) is 13.4. The molecular weight excluding hydrogens is 196 g/mol. The Morgan fingerprint density at radius 3 is 1.94 bits per heavy atom. The fourth-order valence-corrected chi connectivity index (χ4v) is 1.12. The first-order valence-corrected chi connectivity index (χ1v) is 5.69. The molecule has 0 bridgehead atoms. The lowest BCUT2D eigenvalue weighted by Gasteiger charge is -2.06. The van der Waals surface area contributed by atoms with Crippen molar-refractivity contribution in [2.75, 3.05) is 0 Å². The van der Waals surface area contributed by atoms with E-state index in [2.05, 4.69) is 6.58 Å². The smallest absolute Gasteiger partial charge is 0.119 e.